The number of piperazine rings is 1. The Morgan fingerprint density at radius 3 is 2.24 bits per heavy atom. The van der Waals surface area contributed by atoms with E-state index in [9.17, 15) is 26.7 Å². The lowest BCUT2D eigenvalue weighted by atomic mass is 9.95. The van der Waals surface area contributed by atoms with Gasteiger partial charge >= 0.3 is 6.18 Å². The molecule has 0 amide bonds. The van der Waals surface area contributed by atoms with E-state index in [1.54, 1.807) is 18.2 Å². The van der Waals surface area contributed by atoms with E-state index < -0.39 is 27.8 Å². The van der Waals surface area contributed by atoms with Gasteiger partial charge in [-0.2, -0.15) is 17.5 Å². The fourth-order valence-corrected chi connectivity index (χ4v) is 6.43. The summed E-state index contributed by atoms with van der Waals surface area (Å²) in [6.07, 6.45) is -4.83. The standard InChI is InChI=1S/C27H29F3N2O4S2/c1-26(33,27(28,29)30)21-11-13-22(14-12-21)32-16-15-31(38(34,35)25-10-6-5-9-24(25)37)17-23(32)19-36-18-20-7-3-2-4-8-20/h2-14,23,33,37H,15-19H2,1H3/t23-,26-/m1/s1. The predicted molar refractivity (Wildman–Crippen MR) is 142 cm³/mol. The molecule has 1 heterocycles. The number of rotatable bonds is 8. The average molecular weight is 567 g/mol. The number of sulfonamides is 1. The van der Waals surface area contributed by atoms with Gasteiger partial charge in [-0.05, 0) is 42.3 Å². The van der Waals surface area contributed by atoms with Crippen molar-refractivity contribution in [3.63, 3.8) is 0 Å². The van der Waals surface area contributed by atoms with Crippen molar-refractivity contribution >= 4 is 28.3 Å². The van der Waals surface area contributed by atoms with Gasteiger partial charge in [-0.15, -0.1) is 12.6 Å². The molecule has 3 aromatic carbocycles. The van der Waals surface area contributed by atoms with Crippen LogP contribution in [0, 0.1) is 0 Å². The van der Waals surface area contributed by atoms with Crippen LogP contribution < -0.4 is 4.90 Å². The van der Waals surface area contributed by atoms with E-state index in [-0.39, 0.29) is 30.2 Å². The number of aliphatic hydroxyl groups is 1. The van der Waals surface area contributed by atoms with Gasteiger partial charge in [-0.1, -0.05) is 54.6 Å². The SMILES string of the molecule is C[C@@](O)(c1ccc(N2CCN(S(=O)(=O)c3ccccc3S)C[C@@H]2COCc2ccccc2)cc1)C(F)(F)F. The smallest absolute Gasteiger partial charge is 0.376 e. The zero-order valence-electron chi connectivity index (χ0n) is 20.7. The van der Waals surface area contributed by atoms with Crippen LogP contribution in [0.4, 0.5) is 18.9 Å². The monoisotopic (exact) mass is 566 g/mol. The first-order chi connectivity index (χ1) is 17.9. The molecule has 1 N–H and O–H groups in total. The van der Waals surface area contributed by atoms with Crippen molar-refractivity contribution < 1.29 is 31.4 Å². The summed E-state index contributed by atoms with van der Waals surface area (Å²) in [5, 5.41) is 10.0. The van der Waals surface area contributed by atoms with Crippen molar-refractivity contribution in [1.82, 2.24) is 4.31 Å². The Kier molecular flexibility index (Phi) is 8.43. The molecule has 0 spiro atoms. The molecule has 38 heavy (non-hydrogen) atoms. The van der Waals surface area contributed by atoms with Gasteiger partial charge in [0, 0.05) is 30.2 Å². The largest absolute Gasteiger partial charge is 0.421 e. The number of nitrogens with zero attached hydrogens (tertiary/aromatic N) is 2. The molecule has 0 bridgehead atoms. The molecule has 1 aliphatic heterocycles. The Morgan fingerprint density at radius 2 is 1.61 bits per heavy atom. The summed E-state index contributed by atoms with van der Waals surface area (Å²) in [5.41, 5.74) is -1.71. The van der Waals surface area contributed by atoms with Gasteiger partial charge in [-0.25, -0.2) is 8.42 Å². The van der Waals surface area contributed by atoms with Crippen molar-refractivity contribution in [2.75, 3.05) is 31.1 Å². The molecule has 11 heteroatoms. The molecule has 1 fully saturated rings. The molecule has 0 radical (unpaired) electrons. The van der Waals surface area contributed by atoms with Crippen molar-refractivity contribution in [3.8, 4) is 0 Å². The summed E-state index contributed by atoms with van der Waals surface area (Å²) in [6, 6.07) is 21.1. The minimum atomic E-state index is -4.83. The number of halogens is 3. The fourth-order valence-electron chi connectivity index (χ4n) is 4.37. The van der Waals surface area contributed by atoms with Gasteiger partial charge in [0.2, 0.25) is 10.0 Å². The van der Waals surface area contributed by atoms with Gasteiger partial charge in [-0.3, -0.25) is 0 Å². The number of anilines is 1. The van der Waals surface area contributed by atoms with Crippen LogP contribution in [0.5, 0.6) is 0 Å². The number of benzene rings is 3. The lowest BCUT2D eigenvalue weighted by Crippen LogP contribution is -2.56. The highest BCUT2D eigenvalue weighted by Crippen LogP contribution is 2.39. The number of thiol groups is 1. The molecule has 0 unspecified atom stereocenters. The zero-order chi connectivity index (χ0) is 27.6. The minimum absolute atomic E-state index is 0.111. The topological polar surface area (TPSA) is 70.1 Å². The second-order valence-electron chi connectivity index (χ2n) is 9.30. The van der Waals surface area contributed by atoms with Crippen LogP contribution in [-0.2, 0) is 27.0 Å². The second-order valence-corrected chi connectivity index (χ2v) is 11.7. The van der Waals surface area contributed by atoms with Crippen LogP contribution in [0.25, 0.3) is 0 Å². The lowest BCUT2D eigenvalue weighted by molar-refractivity contribution is -0.258. The van der Waals surface area contributed by atoms with E-state index in [0.717, 1.165) is 5.56 Å². The Labute approximate surface area is 226 Å². The van der Waals surface area contributed by atoms with Crippen molar-refractivity contribution in [3.05, 3.63) is 90.0 Å². The maximum absolute atomic E-state index is 13.4. The van der Waals surface area contributed by atoms with Crippen LogP contribution >= 0.6 is 12.6 Å². The molecular weight excluding hydrogens is 537 g/mol. The molecule has 1 aliphatic rings. The summed E-state index contributed by atoms with van der Waals surface area (Å²) in [6.45, 7) is 1.80. The third-order valence-electron chi connectivity index (χ3n) is 6.66. The van der Waals surface area contributed by atoms with Crippen LogP contribution in [0.1, 0.15) is 18.1 Å². The molecule has 0 aliphatic carbocycles. The Balaban J connectivity index is 1.58. The average Bonchev–Trinajstić information content (AvgIpc) is 2.89. The fraction of sp³-hybridized carbons (Fsp3) is 0.333. The summed E-state index contributed by atoms with van der Waals surface area (Å²) < 4.78 is 74.1. The molecule has 6 nitrogen and oxygen atoms in total. The van der Waals surface area contributed by atoms with Crippen LogP contribution in [0.15, 0.2) is 88.7 Å². The van der Waals surface area contributed by atoms with E-state index in [4.69, 9.17) is 4.74 Å². The maximum Gasteiger partial charge on any atom is 0.421 e. The summed E-state index contributed by atoms with van der Waals surface area (Å²) in [7, 11) is -3.83. The summed E-state index contributed by atoms with van der Waals surface area (Å²) >= 11 is 4.32. The third-order valence-corrected chi connectivity index (χ3v) is 9.13. The Morgan fingerprint density at radius 1 is 0.974 bits per heavy atom. The van der Waals surface area contributed by atoms with Crippen molar-refractivity contribution in [2.24, 2.45) is 0 Å². The molecule has 1 saturated heterocycles. The summed E-state index contributed by atoms with van der Waals surface area (Å²) in [4.78, 5) is 2.38. The number of ether oxygens (including phenoxy) is 1. The maximum atomic E-state index is 13.4. The number of alkyl halides is 3. The zero-order valence-corrected chi connectivity index (χ0v) is 22.4. The van der Waals surface area contributed by atoms with E-state index >= 15 is 0 Å². The molecule has 204 valence electrons. The molecule has 0 saturated carbocycles. The van der Waals surface area contributed by atoms with Gasteiger partial charge < -0.3 is 14.7 Å². The highest BCUT2D eigenvalue weighted by Gasteiger charge is 2.51. The van der Waals surface area contributed by atoms with E-state index in [1.165, 1.54) is 34.6 Å². The van der Waals surface area contributed by atoms with Crippen molar-refractivity contribution in [1.29, 1.82) is 0 Å². The lowest BCUT2D eigenvalue weighted by Gasteiger charge is -2.42. The highest BCUT2D eigenvalue weighted by atomic mass is 32.2. The molecule has 0 aromatic heterocycles. The Hall–Kier alpha value is -2.57. The molecule has 2 atom stereocenters. The number of hydrogen-bond acceptors (Lipinski definition) is 6. The van der Waals surface area contributed by atoms with Gasteiger partial charge in [0.15, 0.2) is 5.60 Å². The Bertz CT molecular complexity index is 1330. The van der Waals surface area contributed by atoms with E-state index in [1.807, 2.05) is 35.2 Å². The minimum Gasteiger partial charge on any atom is -0.376 e. The van der Waals surface area contributed by atoms with Crippen LogP contribution in [0.3, 0.4) is 0 Å². The first-order valence-electron chi connectivity index (χ1n) is 12.0. The van der Waals surface area contributed by atoms with Crippen LogP contribution in [0.2, 0.25) is 0 Å². The van der Waals surface area contributed by atoms with E-state index in [0.29, 0.717) is 30.7 Å². The molecule has 4 rings (SSSR count). The third kappa shape index (κ3) is 6.02. The van der Waals surface area contributed by atoms with E-state index in [2.05, 4.69) is 12.6 Å². The van der Waals surface area contributed by atoms with Gasteiger partial charge in [0.05, 0.1) is 24.2 Å². The van der Waals surface area contributed by atoms with Gasteiger partial charge in [0.1, 0.15) is 0 Å². The number of hydrogen-bond donors (Lipinski definition) is 2. The highest BCUT2D eigenvalue weighted by molar-refractivity contribution is 7.90. The van der Waals surface area contributed by atoms with Crippen molar-refractivity contribution in [2.45, 2.75) is 41.1 Å². The molecule has 3 aromatic rings. The normalized spacial score (nSPS) is 18.8. The predicted octanol–water partition coefficient (Wildman–Crippen LogP) is 4.84. The first kappa shape index (κ1) is 28.4. The summed E-state index contributed by atoms with van der Waals surface area (Å²) in [5.74, 6) is 0. The molecular formula is C27H29F3N2O4S2. The second kappa shape index (κ2) is 11.3. The quantitative estimate of drug-likeness (QED) is 0.382. The van der Waals surface area contributed by atoms with Gasteiger partial charge in [0.25, 0.3) is 0 Å². The first-order valence-corrected chi connectivity index (χ1v) is 13.9. The van der Waals surface area contributed by atoms with Crippen LogP contribution in [-0.4, -0.2) is 56.3 Å².